The van der Waals surface area contributed by atoms with Crippen LogP contribution in [0.2, 0.25) is 0 Å². The Bertz CT molecular complexity index is 219. The van der Waals surface area contributed by atoms with Crippen LogP contribution >= 0.6 is 0 Å². The van der Waals surface area contributed by atoms with Crippen LogP contribution in [0.4, 0.5) is 0 Å². The highest BCUT2D eigenvalue weighted by Crippen LogP contribution is 2.00. The maximum atomic E-state index is 3.42. The topological polar surface area (TPSA) is 12.0 Å². The van der Waals surface area contributed by atoms with Crippen molar-refractivity contribution in [2.24, 2.45) is 0 Å². The summed E-state index contributed by atoms with van der Waals surface area (Å²) in [4.78, 5) is 0. The minimum absolute atomic E-state index is 0.971. The summed E-state index contributed by atoms with van der Waals surface area (Å²) in [5.41, 5.74) is 4.45. The lowest BCUT2D eigenvalue weighted by molar-refractivity contribution is 0.617. The summed E-state index contributed by atoms with van der Waals surface area (Å²) < 4.78 is 0. The van der Waals surface area contributed by atoms with Gasteiger partial charge in [0.25, 0.3) is 0 Å². The zero-order valence-corrected chi connectivity index (χ0v) is 8.47. The first-order chi connectivity index (χ1) is 6.43. The lowest BCUT2D eigenvalue weighted by Crippen LogP contribution is -2.17. The molecule has 0 aromatic heterocycles. The molecule has 0 heterocycles. The van der Waals surface area contributed by atoms with Crippen molar-refractivity contribution in [3.63, 3.8) is 0 Å². The minimum atomic E-state index is 0.971. The van der Waals surface area contributed by atoms with E-state index in [-0.39, 0.29) is 0 Å². The third-order valence-electron chi connectivity index (χ3n) is 2.18. The van der Waals surface area contributed by atoms with Crippen molar-refractivity contribution >= 4 is 0 Å². The molecular formula is C12H19N. The molecule has 1 nitrogen and oxygen atoms in total. The summed E-state index contributed by atoms with van der Waals surface area (Å²) in [6.07, 6.45) is 11.4. The second kappa shape index (κ2) is 6.71. The second-order valence-electron chi connectivity index (χ2n) is 3.43. The van der Waals surface area contributed by atoms with Gasteiger partial charge in [-0.2, -0.15) is 0 Å². The van der Waals surface area contributed by atoms with Crippen LogP contribution in [0.3, 0.4) is 0 Å². The van der Waals surface area contributed by atoms with Gasteiger partial charge in [0.1, 0.15) is 0 Å². The van der Waals surface area contributed by atoms with E-state index < -0.39 is 0 Å². The molecule has 0 saturated heterocycles. The summed E-state index contributed by atoms with van der Waals surface area (Å²) in [5.74, 6) is 0. The molecule has 0 amide bonds. The first-order valence-corrected chi connectivity index (χ1v) is 5.26. The van der Waals surface area contributed by atoms with Gasteiger partial charge in [0.05, 0.1) is 0 Å². The van der Waals surface area contributed by atoms with Gasteiger partial charge in [0.15, 0.2) is 0 Å². The van der Waals surface area contributed by atoms with Crippen LogP contribution < -0.4 is 5.32 Å². The third kappa shape index (κ3) is 4.72. The van der Waals surface area contributed by atoms with Gasteiger partial charge >= 0.3 is 0 Å². The summed E-state index contributed by atoms with van der Waals surface area (Å²) in [7, 11) is 0. The maximum Gasteiger partial charge on any atom is 0.0278 e. The van der Waals surface area contributed by atoms with E-state index in [4.69, 9.17) is 0 Å². The molecule has 0 aromatic rings. The van der Waals surface area contributed by atoms with E-state index in [2.05, 4.69) is 24.0 Å². The average Bonchev–Trinajstić information content (AvgIpc) is 2.63. The van der Waals surface area contributed by atoms with E-state index in [0.717, 1.165) is 13.1 Å². The molecule has 0 aliphatic heterocycles. The molecule has 0 bridgehead atoms. The maximum absolute atomic E-state index is 3.42. The molecule has 1 aliphatic rings. The fourth-order valence-electron chi connectivity index (χ4n) is 1.38. The van der Waals surface area contributed by atoms with Crippen LogP contribution in [0.15, 0.2) is 29.5 Å². The highest BCUT2D eigenvalue weighted by molar-refractivity contribution is 5.29. The number of nitrogens with one attached hydrogen (secondary N) is 1. The zero-order valence-electron chi connectivity index (χ0n) is 8.47. The molecule has 0 radical (unpaired) electrons. The SMILES string of the molecule is CCCCCCNCC1=C=CC=C1. The van der Waals surface area contributed by atoms with Crippen molar-refractivity contribution in [2.75, 3.05) is 13.1 Å². The largest absolute Gasteiger partial charge is 0.312 e. The summed E-state index contributed by atoms with van der Waals surface area (Å²) in [5, 5.41) is 3.42. The molecule has 0 spiro atoms. The molecule has 72 valence electrons. The second-order valence-corrected chi connectivity index (χ2v) is 3.43. The smallest absolute Gasteiger partial charge is 0.0278 e. The predicted molar refractivity (Wildman–Crippen MR) is 57.7 cm³/mol. The molecule has 1 heteroatoms. The standard InChI is InChI=1S/C12H19N/c1-2-3-4-7-10-13-11-12-8-5-6-9-12/h5-6,8,13H,2-4,7,10-11H2,1H3. The van der Waals surface area contributed by atoms with Gasteiger partial charge in [0.2, 0.25) is 0 Å². The van der Waals surface area contributed by atoms with Crippen molar-refractivity contribution in [3.05, 3.63) is 29.5 Å². The Labute approximate surface area is 81.2 Å². The number of allylic oxidation sites excluding steroid dienone is 1. The lowest BCUT2D eigenvalue weighted by Gasteiger charge is -2.02. The van der Waals surface area contributed by atoms with Gasteiger partial charge in [-0.05, 0) is 25.1 Å². The van der Waals surface area contributed by atoms with E-state index in [0.29, 0.717) is 0 Å². The van der Waals surface area contributed by atoms with Gasteiger partial charge in [-0.15, -0.1) is 5.73 Å². The van der Waals surface area contributed by atoms with Crippen molar-refractivity contribution in [1.29, 1.82) is 0 Å². The first kappa shape index (κ1) is 10.3. The molecule has 0 saturated carbocycles. The van der Waals surface area contributed by atoms with Crippen LogP contribution in [0, 0.1) is 0 Å². The molecule has 13 heavy (non-hydrogen) atoms. The monoisotopic (exact) mass is 177 g/mol. The molecule has 0 aromatic carbocycles. The molecule has 0 atom stereocenters. The van der Waals surface area contributed by atoms with Crippen LogP contribution in [-0.4, -0.2) is 13.1 Å². The van der Waals surface area contributed by atoms with Crippen LogP contribution in [0.1, 0.15) is 32.6 Å². The third-order valence-corrected chi connectivity index (χ3v) is 2.18. The quantitative estimate of drug-likeness (QED) is 0.466. The van der Waals surface area contributed by atoms with E-state index in [9.17, 15) is 0 Å². The lowest BCUT2D eigenvalue weighted by atomic mass is 10.2. The fraction of sp³-hybridized carbons (Fsp3) is 0.583. The predicted octanol–water partition coefficient (Wildman–Crippen LogP) is 2.81. The Kier molecular flexibility index (Phi) is 5.31. The van der Waals surface area contributed by atoms with Crippen molar-refractivity contribution in [1.82, 2.24) is 5.32 Å². The molecular weight excluding hydrogens is 158 g/mol. The van der Waals surface area contributed by atoms with Crippen molar-refractivity contribution < 1.29 is 0 Å². The summed E-state index contributed by atoms with van der Waals surface area (Å²) in [6.45, 7) is 4.35. The Morgan fingerprint density at radius 1 is 1.31 bits per heavy atom. The molecule has 1 N–H and O–H groups in total. The van der Waals surface area contributed by atoms with Crippen molar-refractivity contribution in [2.45, 2.75) is 32.6 Å². The van der Waals surface area contributed by atoms with Gasteiger partial charge in [0, 0.05) is 12.1 Å². The molecule has 0 fully saturated rings. The molecule has 1 rings (SSSR count). The highest BCUT2D eigenvalue weighted by atomic mass is 14.8. The van der Waals surface area contributed by atoms with Gasteiger partial charge in [-0.1, -0.05) is 32.3 Å². The Balaban J connectivity index is 1.90. The van der Waals surface area contributed by atoms with E-state index in [1.54, 1.807) is 0 Å². The summed E-state index contributed by atoms with van der Waals surface area (Å²) >= 11 is 0. The molecule has 1 aliphatic carbocycles. The average molecular weight is 177 g/mol. The zero-order chi connectivity index (χ0) is 9.36. The Hall–Kier alpha value is -0.780. The normalized spacial score (nSPS) is 13.8. The van der Waals surface area contributed by atoms with Crippen LogP contribution in [-0.2, 0) is 0 Å². The number of hydrogen-bond donors (Lipinski definition) is 1. The molecule has 0 unspecified atom stereocenters. The van der Waals surface area contributed by atoms with Crippen LogP contribution in [0.5, 0.6) is 0 Å². The van der Waals surface area contributed by atoms with Gasteiger partial charge in [-0.3, -0.25) is 0 Å². The van der Waals surface area contributed by atoms with Gasteiger partial charge < -0.3 is 5.32 Å². The van der Waals surface area contributed by atoms with Crippen molar-refractivity contribution in [3.8, 4) is 0 Å². The minimum Gasteiger partial charge on any atom is -0.312 e. The first-order valence-electron chi connectivity index (χ1n) is 5.26. The van der Waals surface area contributed by atoms with Crippen LogP contribution in [0.25, 0.3) is 0 Å². The highest BCUT2D eigenvalue weighted by Gasteiger charge is 1.93. The number of hydrogen-bond acceptors (Lipinski definition) is 1. The fourth-order valence-corrected chi connectivity index (χ4v) is 1.38. The van der Waals surface area contributed by atoms with E-state index in [1.165, 1.54) is 31.3 Å². The van der Waals surface area contributed by atoms with E-state index >= 15 is 0 Å². The van der Waals surface area contributed by atoms with Gasteiger partial charge in [-0.25, -0.2) is 0 Å². The number of rotatable bonds is 7. The Morgan fingerprint density at radius 2 is 2.23 bits per heavy atom. The Morgan fingerprint density at radius 3 is 2.92 bits per heavy atom. The summed E-state index contributed by atoms with van der Waals surface area (Å²) in [6, 6.07) is 0. The number of unbranched alkanes of at least 4 members (excludes halogenated alkanes) is 3. The van der Waals surface area contributed by atoms with E-state index in [1.807, 2.05) is 12.2 Å².